The molecule has 1 N–H and O–H groups in total. The second-order valence-electron chi connectivity index (χ2n) is 6.87. The zero-order valence-corrected chi connectivity index (χ0v) is 15.5. The van der Waals surface area contributed by atoms with Crippen molar-refractivity contribution in [1.82, 2.24) is 24.8 Å². The Kier molecular flexibility index (Phi) is 5.35. The highest BCUT2D eigenvalue weighted by Gasteiger charge is 2.36. The Morgan fingerprint density at radius 3 is 2.81 bits per heavy atom. The zero-order valence-electron chi connectivity index (χ0n) is 15.5. The largest absolute Gasteiger partial charge is 0.355 e. The van der Waals surface area contributed by atoms with Gasteiger partial charge in [-0.2, -0.15) is 0 Å². The zero-order chi connectivity index (χ0) is 18.7. The lowest BCUT2D eigenvalue weighted by molar-refractivity contribution is -0.137. The molecule has 138 valence electrons. The summed E-state index contributed by atoms with van der Waals surface area (Å²) in [6.07, 6.45) is 6.90. The summed E-state index contributed by atoms with van der Waals surface area (Å²) in [6, 6.07) is 3.64. The van der Waals surface area contributed by atoms with Crippen LogP contribution in [0.15, 0.2) is 30.7 Å². The van der Waals surface area contributed by atoms with E-state index in [4.69, 9.17) is 0 Å². The van der Waals surface area contributed by atoms with E-state index in [1.807, 2.05) is 43.9 Å². The van der Waals surface area contributed by atoms with Crippen LogP contribution in [0.1, 0.15) is 36.0 Å². The number of pyridine rings is 1. The SMILES string of the molecule is Cc1ncccc1CC(=O)NC[C@H]1CCC(=O)N(C)[C@@H]1c1nccn1C. The summed E-state index contributed by atoms with van der Waals surface area (Å²) in [5.41, 5.74) is 1.80. The number of hydrogen-bond acceptors (Lipinski definition) is 4. The van der Waals surface area contributed by atoms with Crippen molar-refractivity contribution in [2.45, 2.75) is 32.2 Å². The molecule has 1 aliphatic rings. The van der Waals surface area contributed by atoms with E-state index in [9.17, 15) is 9.59 Å². The van der Waals surface area contributed by atoms with Crippen molar-refractivity contribution >= 4 is 11.8 Å². The highest BCUT2D eigenvalue weighted by molar-refractivity contribution is 5.79. The maximum Gasteiger partial charge on any atom is 0.224 e. The van der Waals surface area contributed by atoms with Crippen molar-refractivity contribution < 1.29 is 9.59 Å². The fourth-order valence-corrected chi connectivity index (χ4v) is 3.56. The Labute approximate surface area is 153 Å². The van der Waals surface area contributed by atoms with E-state index in [0.29, 0.717) is 19.4 Å². The Morgan fingerprint density at radius 2 is 2.12 bits per heavy atom. The second kappa shape index (κ2) is 7.68. The average Bonchev–Trinajstić information content (AvgIpc) is 3.03. The van der Waals surface area contributed by atoms with E-state index >= 15 is 0 Å². The van der Waals surface area contributed by atoms with E-state index in [0.717, 1.165) is 23.5 Å². The number of rotatable bonds is 5. The van der Waals surface area contributed by atoms with E-state index in [-0.39, 0.29) is 23.8 Å². The van der Waals surface area contributed by atoms with E-state index in [2.05, 4.69) is 15.3 Å². The smallest absolute Gasteiger partial charge is 0.224 e. The van der Waals surface area contributed by atoms with Gasteiger partial charge >= 0.3 is 0 Å². The van der Waals surface area contributed by atoms with Crippen LogP contribution in [0.25, 0.3) is 0 Å². The molecule has 2 aromatic heterocycles. The van der Waals surface area contributed by atoms with Gasteiger partial charge in [-0.3, -0.25) is 14.6 Å². The average molecular weight is 355 g/mol. The maximum atomic E-state index is 12.4. The molecule has 1 saturated heterocycles. The number of aryl methyl sites for hydroxylation is 2. The van der Waals surface area contributed by atoms with Crippen LogP contribution in [0.3, 0.4) is 0 Å². The fourth-order valence-electron chi connectivity index (χ4n) is 3.56. The van der Waals surface area contributed by atoms with Crippen LogP contribution in [-0.4, -0.2) is 44.8 Å². The van der Waals surface area contributed by atoms with Crippen molar-refractivity contribution in [2.24, 2.45) is 13.0 Å². The van der Waals surface area contributed by atoms with Gasteiger partial charge in [0.15, 0.2) is 0 Å². The molecule has 3 rings (SSSR count). The number of imidazole rings is 1. The van der Waals surface area contributed by atoms with E-state index in [1.165, 1.54) is 0 Å². The molecule has 1 fully saturated rings. The number of carbonyl (C=O) groups is 2. The lowest BCUT2D eigenvalue weighted by Crippen LogP contribution is -2.45. The summed E-state index contributed by atoms with van der Waals surface area (Å²) in [4.78, 5) is 34.9. The summed E-state index contributed by atoms with van der Waals surface area (Å²) >= 11 is 0. The second-order valence-corrected chi connectivity index (χ2v) is 6.87. The molecule has 7 heteroatoms. The number of aromatic nitrogens is 3. The summed E-state index contributed by atoms with van der Waals surface area (Å²) in [6.45, 7) is 2.43. The van der Waals surface area contributed by atoms with Crippen molar-refractivity contribution in [3.05, 3.63) is 47.8 Å². The molecule has 0 aliphatic carbocycles. The molecular formula is C19H25N5O2. The number of carbonyl (C=O) groups excluding carboxylic acids is 2. The van der Waals surface area contributed by atoms with Crippen molar-refractivity contribution in [3.8, 4) is 0 Å². The molecule has 2 amide bonds. The first kappa shape index (κ1) is 18.1. The number of nitrogens with zero attached hydrogens (tertiary/aromatic N) is 4. The third-order valence-electron chi connectivity index (χ3n) is 5.14. The Bertz CT molecular complexity index is 801. The van der Waals surface area contributed by atoms with Crippen LogP contribution in [0.2, 0.25) is 0 Å². The van der Waals surface area contributed by atoms with Gasteiger partial charge in [0.1, 0.15) is 5.82 Å². The lowest BCUT2D eigenvalue weighted by Gasteiger charge is -2.38. The number of nitrogens with one attached hydrogen (secondary N) is 1. The summed E-state index contributed by atoms with van der Waals surface area (Å²) in [7, 11) is 3.74. The summed E-state index contributed by atoms with van der Waals surface area (Å²) < 4.78 is 1.94. The number of amides is 2. The highest BCUT2D eigenvalue weighted by Crippen LogP contribution is 2.34. The molecule has 2 atom stereocenters. The van der Waals surface area contributed by atoms with Crippen LogP contribution in [-0.2, 0) is 23.1 Å². The number of piperidine rings is 1. The Morgan fingerprint density at radius 1 is 1.31 bits per heavy atom. The Balaban J connectivity index is 1.67. The van der Waals surface area contributed by atoms with Gasteiger partial charge < -0.3 is 14.8 Å². The molecule has 26 heavy (non-hydrogen) atoms. The molecule has 0 saturated carbocycles. The van der Waals surface area contributed by atoms with Crippen LogP contribution in [0.5, 0.6) is 0 Å². The first-order chi connectivity index (χ1) is 12.5. The number of hydrogen-bond donors (Lipinski definition) is 1. The van der Waals surface area contributed by atoms with Gasteiger partial charge in [-0.1, -0.05) is 6.07 Å². The fraction of sp³-hybridized carbons (Fsp3) is 0.474. The highest BCUT2D eigenvalue weighted by atomic mass is 16.2. The standard InChI is InChI=1S/C19H25N5O2/c1-13-14(5-4-8-20-13)11-16(25)22-12-15-6-7-17(26)24(3)18(15)19-21-9-10-23(19)2/h4-5,8-10,15,18H,6-7,11-12H2,1-3H3,(H,22,25)/t15-,18+/m1/s1. The van der Waals surface area contributed by atoms with E-state index in [1.54, 1.807) is 17.3 Å². The van der Waals surface area contributed by atoms with Gasteiger partial charge in [0.05, 0.1) is 12.5 Å². The molecule has 1 aliphatic heterocycles. The van der Waals surface area contributed by atoms with Crippen molar-refractivity contribution in [3.63, 3.8) is 0 Å². The van der Waals surface area contributed by atoms with Gasteiger partial charge in [-0.05, 0) is 25.0 Å². The number of likely N-dealkylation sites (tertiary alicyclic amines) is 1. The topological polar surface area (TPSA) is 80.1 Å². The van der Waals surface area contributed by atoms with Gasteiger partial charge in [-0.25, -0.2) is 4.98 Å². The normalized spacial score (nSPS) is 20.3. The van der Waals surface area contributed by atoms with Gasteiger partial charge in [-0.15, -0.1) is 0 Å². The minimum atomic E-state index is -0.128. The maximum absolute atomic E-state index is 12.4. The molecule has 0 spiro atoms. The molecule has 0 radical (unpaired) electrons. The molecule has 0 unspecified atom stereocenters. The quantitative estimate of drug-likeness (QED) is 0.879. The first-order valence-corrected chi connectivity index (χ1v) is 8.87. The van der Waals surface area contributed by atoms with Gasteiger partial charge in [0.25, 0.3) is 0 Å². The minimum absolute atomic E-state index is 0.0285. The third kappa shape index (κ3) is 3.76. The molecule has 3 heterocycles. The molecule has 0 bridgehead atoms. The molecule has 0 aromatic carbocycles. The predicted octanol–water partition coefficient (Wildman–Crippen LogP) is 1.39. The van der Waals surface area contributed by atoms with Crippen LogP contribution in [0, 0.1) is 12.8 Å². The van der Waals surface area contributed by atoms with Crippen LogP contribution in [0.4, 0.5) is 0 Å². The molecule has 2 aromatic rings. The van der Waals surface area contributed by atoms with Crippen molar-refractivity contribution in [2.75, 3.05) is 13.6 Å². The third-order valence-corrected chi connectivity index (χ3v) is 5.14. The first-order valence-electron chi connectivity index (χ1n) is 8.87. The van der Waals surface area contributed by atoms with Gasteiger partial charge in [0, 0.05) is 57.3 Å². The van der Waals surface area contributed by atoms with E-state index < -0.39 is 0 Å². The van der Waals surface area contributed by atoms with Crippen molar-refractivity contribution in [1.29, 1.82) is 0 Å². The minimum Gasteiger partial charge on any atom is -0.355 e. The van der Waals surface area contributed by atoms with Crippen LogP contribution >= 0.6 is 0 Å². The lowest BCUT2D eigenvalue weighted by atomic mass is 9.88. The molecule has 7 nitrogen and oxygen atoms in total. The predicted molar refractivity (Wildman–Crippen MR) is 97.1 cm³/mol. The summed E-state index contributed by atoms with van der Waals surface area (Å²) in [5.74, 6) is 1.08. The van der Waals surface area contributed by atoms with Gasteiger partial charge in [0.2, 0.25) is 11.8 Å². The molecular weight excluding hydrogens is 330 g/mol. The van der Waals surface area contributed by atoms with Crippen LogP contribution < -0.4 is 5.32 Å². The monoisotopic (exact) mass is 355 g/mol. The Hall–Kier alpha value is -2.70. The summed E-state index contributed by atoms with van der Waals surface area (Å²) in [5, 5.41) is 3.03.